The normalized spacial score (nSPS) is 14.2. The van der Waals surface area contributed by atoms with Crippen LogP contribution < -0.4 is 14.2 Å². The number of carboxylic acid groups (broad SMARTS) is 1. The third-order valence-corrected chi connectivity index (χ3v) is 3.40. The van der Waals surface area contributed by atoms with E-state index in [0.717, 1.165) is 5.56 Å². The van der Waals surface area contributed by atoms with Gasteiger partial charge in [-0.2, -0.15) is 0 Å². The number of carboxylic acids is 1. The Morgan fingerprint density at radius 1 is 1.21 bits per heavy atom. The van der Waals surface area contributed by atoms with Crippen LogP contribution in [0.1, 0.15) is 15.9 Å². The van der Waals surface area contributed by atoms with Crippen molar-refractivity contribution in [1.82, 2.24) is 0 Å². The zero-order chi connectivity index (χ0) is 17.1. The summed E-state index contributed by atoms with van der Waals surface area (Å²) in [6, 6.07) is 11.8. The van der Waals surface area contributed by atoms with Gasteiger partial charge in [-0.1, -0.05) is 12.1 Å². The molecule has 0 fully saturated rings. The van der Waals surface area contributed by atoms with Crippen molar-refractivity contribution in [2.75, 3.05) is 13.7 Å². The number of Topliss-reactive ketones (excluding diaryl/α,β-unsaturated/α-hetero) is 1. The number of rotatable bonds is 5. The number of ether oxygens (including phenoxy) is 3. The molecule has 0 unspecified atom stereocenters. The lowest BCUT2D eigenvalue weighted by Crippen LogP contribution is -2.09. The van der Waals surface area contributed by atoms with Crippen LogP contribution in [0.25, 0.3) is 6.08 Å². The summed E-state index contributed by atoms with van der Waals surface area (Å²) in [4.78, 5) is 22.9. The minimum atomic E-state index is -1.08. The second kappa shape index (κ2) is 6.45. The lowest BCUT2D eigenvalue weighted by Gasteiger charge is -2.04. The number of benzene rings is 2. The number of aliphatic carboxylic acids is 1. The van der Waals surface area contributed by atoms with Crippen molar-refractivity contribution in [2.45, 2.75) is 0 Å². The first-order valence-corrected chi connectivity index (χ1v) is 7.14. The fourth-order valence-electron chi connectivity index (χ4n) is 2.28. The molecule has 0 aliphatic carbocycles. The molecule has 122 valence electrons. The molecular weight excluding hydrogens is 312 g/mol. The van der Waals surface area contributed by atoms with Crippen LogP contribution >= 0.6 is 0 Å². The number of ketones is 1. The highest BCUT2D eigenvalue weighted by atomic mass is 16.5. The summed E-state index contributed by atoms with van der Waals surface area (Å²) in [7, 11) is 1.57. The van der Waals surface area contributed by atoms with Gasteiger partial charge >= 0.3 is 5.97 Å². The summed E-state index contributed by atoms with van der Waals surface area (Å²) in [5, 5.41) is 8.63. The zero-order valence-electron chi connectivity index (χ0n) is 12.8. The van der Waals surface area contributed by atoms with Gasteiger partial charge in [0.05, 0.1) is 12.7 Å². The lowest BCUT2D eigenvalue weighted by atomic mass is 10.1. The fraction of sp³-hybridized carbons (Fsp3) is 0.111. The van der Waals surface area contributed by atoms with Crippen molar-refractivity contribution >= 4 is 17.8 Å². The maximum atomic E-state index is 12.4. The molecule has 6 nitrogen and oxygen atoms in total. The smallest absolute Gasteiger partial charge is 0.341 e. The number of hydrogen-bond donors (Lipinski definition) is 1. The molecule has 2 aromatic rings. The van der Waals surface area contributed by atoms with E-state index in [2.05, 4.69) is 0 Å². The maximum Gasteiger partial charge on any atom is 0.341 e. The average Bonchev–Trinajstić information content (AvgIpc) is 2.88. The van der Waals surface area contributed by atoms with E-state index in [1.54, 1.807) is 31.4 Å². The first-order valence-electron chi connectivity index (χ1n) is 7.14. The Hall–Kier alpha value is -3.28. The van der Waals surface area contributed by atoms with Gasteiger partial charge in [0.2, 0.25) is 5.78 Å². The van der Waals surface area contributed by atoms with Gasteiger partial charge in [0.25, 0.3) is 0 Å². The van der Waals surface area contributed by atoms with Crippen LogP contribution in [0.5, 0.6) is 17.2 Å². The van der Waals surface area contributed by atoms with Crippen molar-refractivity contribution in [1.29, 1.82) is 0 Å². The van der Waals surface area contributed by atoms with E-state index >= 15 is 0 Å². The molecule has 0 saturated heterocycles. The minimum Gasteiger partial charge on any atom is -0.497 e. The van der Waals surface area contributed by atoms with Crippen molar-refractivity contribution in [2.24, 2.45) is 0 Å². The van der Waals surface area contributed by atoms with Crippen LogP contribution in [0.3, 0.4) is 0 Å². The third-order valence-electron chi connectivity index (χ3n) is 3.40. The Morgan fingerprint density at radius 3 is 2.79 bits per heavy atom. The van der Waals surface area contributed by atoms with Crippen LogP contribution in [0.2, 0.25) is 0 Å². The summed E-state index contributed by atoms with van der Waals surface area (Å²) in [6.45, 7) is -0.459. The largest absolute Gasteiger partial charge is 0.497 e. The van der Waals surface area contributed by atoms with Crippen LogP contribution in [0, 0.1) is 0 Å². The summed E-state index contributed by atoms with van der Waals surface area (Å²) >= 11 is 0. The number of carbonyl (C=O) groups is 2. The highest BCUT2D eigenvalue weighted by Gasteiger charge is 2.27. The maximum absolute atomic E-state index is 12.4. The van der Waals surface area contributed by atoms with Gasteiger partial charge in [0, 0.05) is 6.07 Å². The number of fused-ring (bicyclic) bond motifs is 1. The van der Waals surface area contributed by atoms with Gasteiger partial charge < -0.3 is 19.3 Å². The second-order valence-corrected chi connectivity index (χ2v) is 5.06. The topological polar surface area (TPSA) is 82.1 Å². The highest BCUT2D eigenvalue weighted by molar-refractivity contribution is 6.14. The van der Waals surface area contributed by atoms with Gasteiger partial charge in [0.1, 0.15) is 17.2 Å². The van der Waals surface area contributed by atoms with E-state index in [4.69, 9.17) is 19.3 Å². The molecule has 3 rings (SSSR count). The van der Waals surface area contributed by atoms with Gasteiger partial charge in [-0.15, -0.1) is 0 Å². The predicted octanol–water partition coefficient (Wildman–Crippen LogP) is 2.77. The molecule has 1 aliphatic heterocycles. The molecule has 0 saturated carbocycles. The van der Waals surface area contributed by atoms with Crippen molar-refractivity contribution in [3.05, 3.63) is 59.4 Å². The number of methoxy groups -OCH3 is 1. The molecule has 0 aromatic heterocycles. The van der Waals surface area contributed by atoms with Crippen LogP contribution in [-0.4, -0.2) is 30.6 Å². The Labute approximate surface area is 137 Å². The first-order chi connectivity index (χ1) is 11.6. The monoisotopic (exact) mass is 326 g/mol. The van der Waals surface area contributed by atoms with E-state index in [1.807, 2.05) is 12.1 Å². The summed E-state index contributed by atoms with van der Waals surface area (Å²) in [6.07, 6.45) is 1.63. The van der Waals surface area contributed by atoms with E-state index in [-0.39, 0.29) is 11.5 Å². The number of carbonyl (C=O) groups excluding carboxylic acids is 1. The van der Waals surface area contributed by atoms with Crippen molar-refractivity contribution < 1.29 is 28.9 Å². The molecule has 0 bridgehead atoms. The number of hydrogen-bond acceptors (Lipinski definition) is 5. The third kappa shape index (κ3) is 3.22. The van der Waals surface area contributed by atoms with Crippen LogP contribution in [-0.2, 0) is 4.79 Å². The standard InChI is InChI=1S/C18H14O6/c1-22-12-4-2-3-11(7-12)8-16-18(21)14-6-5-13(9-15(14)24-16)23-10-17(19)20/h2-9H,10H2,1H3,(H,19,20)/b16-8+. The van der Waals surface area contributed by atoms with Gasteiger partial charge in [-0.3, -0.25) is 4.79 Å². The van der Waals surface area contributed by atoms with E-state index < -0.39 is 12.6 Å². The Kier molecular flexibility index (Phi) is 4.20. The Morgan fingerprint density at radius 2 is 2.04 bits per heavy atom. The predicted molar refractivity (Wildman–Crippen MR) is 85.5 cm³/mol. The van der Waals surface area contributed by atoms with Gasteiger partial charge in [0.15, 0.2) is 12.4 Å². The quantitative estimate of drug-likeness (QED) is 0.851. The SMILES string of the molecule is COc1cccc(/C=C2/Oc3cc(OCC(=O)O)ccc3C2=O)c1. The summed E-state index contributed by atoms with van der Waals surface area (Å²) in [5.41, 5.74) is 1.18. The van der Waals surface area contributed by atoms with Crippen molar-refractivity contribution in [3.8, 4) is 17.2 Å². The molecule has 0 amide bonds. The minimum absolute atomic E-state index is 0.189. The van der Waals surface area contributed by atoms with Gasteiger partial charge in [-0.25, -0.2) is 4.79 Å². The Balaban J connectivity index is 1.84. The van der Waals surface area contributed by atoms with Crippen molar-refractivity contribution in [3.63, 3.8) is 0 Å². The van der Waals surface area contributed by atoms with Gasteiger partial charge in [-0.05, 0) is 35.9 Å². The molecule has 0 atom stereocenters. The molecule has 1 aliphatic rings. The summed E-state index contributed by atoms with van der Waals surface area (Å²) in [5.74, 6) is 0.220. The molecule has 2 aromatic carbocycles. The average molecular weight is 326 g/mol. The first kappa shape index (κ1) is 15.6. The van der Waals surface area contributed by atoms with E-state index in [1.165, 1.54) is 12.1 Å². The van der Waals surface area contributed by atoms with Crippen LogP contribution in [0.4, 0.5) is 0 Å². The molecule has 24 heavy (non-hydrogen) atoms. The molecule has 0 radical (unpaired) electrons. The fourth-order valence-corrected chi connectivity index (χ4v) is 2.28. The molecule has 1 heterocycles. The Bertz CT molecular complexity index is 837. The zero-order valence-corrected chi connectivity index (χ0v) is 12.8. The lowest BCUT2D eigenvalue weighted by molar-refractivity contribution is -0.139. The second-order valence-electron chi connectivity index (χ2n) is 5.06. The van der Waals surface area contributed by atoms with Crippen LogP contribution in [0.15, 0.2) is 48.2 Å². The van der Waals surface area contributed by atoms with E-state index in [9.17, 15) is 9.59 Å². The highest BCUT2D eigenvalue weighted by Crippen LogP contribution is 2.35. The number of allylic oxidation sites excluding steroid dienone is 1. The summed E-state index contributed by atoms with van der Waals surface area (Å²) < 4.78 is 15.8. The molecule has 1 N–H and O–H groups in total. The van der Waals surface area contributed by atoms with E-state index in [0.29, 0.717) is 22.8 Å². The molecular formula is C18H14O6. The molecule has 0 spiro atoms. The molecule has 6 heteroatoms.